The van der Waals surface area contributed by atoms with Gasteiger partial charge in [0, 0.05) is 19.8 Å². The summed E-state index contributed by atoms with van der Waals surface area (Å²) < 4.78 is 5.75. The maximum Gasteiger partial charge on any atom is 0.242 e. The molecule has 0 N–H and O–H groups in total. The fourth-order valence-electron chi connectivity index (χ4n) is 3.20. The number of amides is 1. The van der Waals surface area contributed by atoms with Crippen molar-refractivity contribution in [3.8, 4) is 0 Å². The number of anilines is 1. The van der Waals surface area contributed by atoms with Crippen molar-refractivity contribution < 1.29 is 9.53 Å². The molecule has 21 heavy (non-hydrogen) atoms. The van der Waals surface area contributed by atoms with Gasteiger partial charge in [0.2, 0.25) is 5.91 Å². The molecule has 1 amide bonds. The summed E-state index contributed by atoms with van der Waals surface area (Å²) in [5.41, 5.74) is 0. The van der Waals surface area contributed by atoms with Crippen LogP contribution < -0.4 is 4.90 Å². The van der Waals surface area contributed by atoms with E-state index in [9.17, 15) is 4.79 Å². The molecule has 1 saturated heterocycles. The molecule has 1 aromatic heterocycles. The van der Waals surface area contributed by atoms with Crippen LogP contribution in [0.4, 0.5) is 5.82 Å². The van der Waals surface area contributed by atoms with Crippen LogP contribution in [0.2, 0.25) is 5.02 Å². The summed E-state index contributed by atoms with van der Waals surface area (Å²) in [6.07, 6.45) is 5.11. The fourth-order valence-corrected chi connectivity index (χ4v) is 3.32. The van der Waals surface area contributed by atoms with E-state index in [4.69, 9.17) is 16.3 Å². The molecule has 114 valence electrons. The highest BCUT2D eigenvalue weighted by Crippen LogP contribution is 2.29. The summed E-state index contributed by atoms with van der Waals surface area (Å²) in [4.78, 5) is 20.7. The number of carbonyl (C=O) groups is 1. The second-order valence-electron chi connectivity index (χ2n) is 5.69. The predicted molar refractivity (Wildman–Crippen MR) is 81.6 cm³/mol. The molecule has 0 radical (unpaired) electrons. The zero-order chi connectivity index (χ0) is 14.8. The Labute approximate surface area is 129 Å². The Morgan fingerprint density at radius 3 is 3.14 bits per heavy atom. The third kappa shape index (κ3) is 3.14. The molecular weight excluding hydrogens is 290 g/mol. The monoisotopic (exact) mass is 309 g/mol. The number of carbonyl (C=O) groups excluding carboxylic acids is 1. The first-order valence-electron chi connectivity index (χ1n) is 7.39. The second-order valence-corrected chi connectivity index (χ2v) is 6.12. The SMILES string of the molecule is CN(CC(=O)N1CCO[C@H]2CCC[C@H]21)c1ccc(Cl)cn1. The Bertz CT molecular complexity index is 508. The van der Waals surface area contributed by atoms with Crippen molar-refractivity contribution in [3.05, 3.63) is 23.4 Å². The lowest BCUT2D eigenvalue weighted by molar-refractivity contribution is -0.142. The van der Waals surface area contributed by atoms with Gasteiger partial charge < -0.3 is 14.5 Å². The first-order valence-corrected chi connectivity index (χ1v) is 7.77. The summed E-state index contributed by atoms with van der Waals surface area (Å²) >= 11 is 5.83. The average Bonchev–Trinajstić information content (AvgIpc) is 2.96. The molecule has 1 aromatic rings. The molecule has 2 heterocycles. The standard InChI is InChI=1S/C15H20ClN3O2/c1-18(14-6-5-11(16)9-17-14)10-15(20)19-7-8-21-13-4-2-3-12(13)19/h5-6,9,12-13H,2-4,7-8,10H2,1H3/t12-,13+/m1/s1. The molecule has 1 aliphatic carbocycles. The molecule has 6 heteroatoms. The Hall–Kier alpha value is -1.33. The summed E-state index contributed by atoms with van der Waals surface area (Å²) in [5, 5.41) is 0.598. The zero-order valence-electron chi connectivity index (χ0n) is 12.2. The van der Waals surface area contributed by atoms with Crippen molar-refractivity contribution in [2.45, 2.75) is 31.4 Å². The molecule has 0 spiro atoms. The van der Waals surface area contributed by atoms with Gasteiger partial charge in [-0.15, -0.1) is 0 Å². The van der Waals surface area contributed by atoms with Crippen LogP contribution in [-0.2, 0) is 9.53 Å². The third-order valence-corrected chi connectivity index (χ3v) is 4.50. The van der Waals surface area contributed by atoms with Crippen molar-refractivity contribution in [2.24, 2.45) is 0 Å². The minimum absolute atomic E-state index is 0.148. The Morgan fingerprint density at radius 1 is 1.52 bits per heavy atom. The van der Waals surface area contributed by atoms with Crippen LogP contribution in [0.15, 0.2) is 18.3 Å². The first kappa shape index (κ1) is 14.6. The van der Waals surface area contributed by atoms with E-state index in [1.807, 2.05) is 22.9 Å². The molecular formula is C15H20ClN3O2. The molecule has 0 bridgehead atoms. The lowest BCUT2D eigenvalue weighted by Gasteiger charge is -2.38. The quantitative estimate of drug-likeness (QED) is 0.856. The minimum Gasteiger partial charge on any atom is -0.374 e. The van der Waals surface area contributed by atoms with Gasteiger partial charge in [0.05, 0.1) is 30.3 Å². The van der Waals surface area contributed by atoms with Crippen molar-refractivity contribution in [2.75, 3.05) is 31.6 Å². The number of morpholine rings is 1. The molecule has 0 aromatic carbocycles. The van der Waals surface area contributed by atoms with Gasteiger partial charge in [-0.25, -0.2) is 4.98 Å². The van der Waals surface area contributed by atoms with Crippen LogP contribution in [0.3, 0.4) is 0 Å². The lowest BCUT2D eigenvalue weighted by Crippen LogP contribution is -2.53. The number of pyridine rings is 1. The number of aromatic nitrogens is 1. The van der Waals surface area contributed by atoms with Gasteiger partial charge in [-0.2, -0.15) is 0 Å². The molecule has 2 aliphatic rings. The van der Waals surface area contributed by atoms with Gasteiger partial charge in [0.1, 0.15) is 5.82 Å². The van der Waals surface area contributed by atoms with Gasteiger partial charge in [-0.1, -0.05) is 11.6 Å². The molecule has 2 atom stereocenters. The average molecular weight is 310 g/mol. The number of hydrogen-bond donors (Lipinski definition) is 0. The van der Waals surface area contributed by atoms with Crippen LogP contribution >= 0.6 is 11.6 Å². The number of fused-ring (bicyclic) bond motifs is 1. The van der Waals surface area contributed by atoms with Crippen molar-refractivity contribution in [3.63, 3.8) is 0 Å². The van der Waals surface area contributed by atoms with E-state index in [1.165, 1.54) is 0 Å². The van der Waals surface area contributed by atoms with Gasteiger partial charge in [-0.3, -0.25) is 4.79 Å². The number of likely N-dealkylation sites (N-methyl/N-ethyl adjacent to an activating group) is 1. The second kappa shape index (κ2) is 6.20. The smallest absolute Gasteiger partial charge is 0.242 e. The highest BCUT2D eigenvalue weighted by Gasteiger charge is 2.38. The summed E-state index contributed by atoms with van der Waals surface area (Å²) in [5.74, 6) is 0.901. The van der Waals surface area contributed by atoms with Crippen LogP contribution in [0.25, 0.3) is 0 Å². The molecule has 5 nitrogen and oxygen atoms in total. The third-order valence-electron chi connectivity index (χ3n) is 4.28. The predicted octanol–water partition coefficient (Wildman–Crippen LogP) is 1.95. The summed E-state index contributed by atoms with van der Waals surface area (Å²) in [6, 6.07) is 3.87. The van der Waals surface area contributed by atoms with Gasteiger partial charge >= 0.3 is 0 Å². The molecule has 3 rings (SSSR count). The first-order chi connectivity index (χ1) is 10.1. The minimum atomic E-state index is 0.148. The van der Waals surface area contributed by atoms with Crippen LogP contribution in [0.5, 0.6) is 0 Å². The highest BCUT2D eigenvalue weighted by atomic mass is 35.5. The van der Waals surface area contributed by atoms with Crippen molar-refractivity contribution in [1.82, 2.24) is 9.88 Å². The van der Waals surface area contributed by atoms with E-state index < -0.39 is 0 Å². The topological polar surface area (TPSA) is 45.7 Å². The maximum atomic E-state index is 12.6. The van der Waals surface area contributed by atoms with Crippen LogP contribution in [-0.4, -0.2) is 54.7 Å². The van der Waals surface area contributed by atoms with E-state index in [2.05, 4.69) is 4.98 Å². The Kier molecular flexibility index (Phi) is 4.31. The fraction of sp³-hybridized carbons (Fsp3) is 0.600. The normalized spacial score (nSPS) is 24.8. The number of rotatable bonds is 3. The number of hydrogen-bond acceptors (Lipinski definition) is 4. The van der Waals surface area contributed by atoms with E-state index in [-0.39, 0.29) is 18.1 Å². The van der Waals surface area contributed by atoms with E-state index in [0.717, 1.165) is 25.1 Å². The van der Waals surface area contributed by atoms with E-state index >= 15 is 0 Å². The number of nitrogens with zero attached hydrogens (tertiary/aromatic N) is 3. The van der Waals surface area contributed by atoms with Crippen molar-refractivity contribution in [1.29, 1.82) is 0 Å². The maximum absolute atomic E-state index is 12.6. The largest absolute Gasteiger partial charge is 0.374 e. The molecule has 1 saturated carbocycles. The highest BCUT2D eigenvalue weighted by molar-refractivity contribution is 6.30. The van der Waals surface area contributed by atoms with Gasteiger partial charge in [0.15, 0.2) is 0 Å². The number of halogens is 1. The Morgan fingerprint density at radius 2 is 2.38 bits per heavy atom. The van der Waals surface area contributed by atoms with Crippen molar-refractivity contribution >= 4 is 23.3 Å². The van der Waals surface area contributed by atoms with E-state index in [0.29, 0.717) is 24.7 Å². The summed E-state index contributed by atoms with van der Waals surface area (Å²) in [6.45, 7) is 1.68. The molecule has 0 unspecified atom stereocenters. The van der Waals surface area contributed by atoms with E-state index in [1.54, 1.807) is 12.3 Å². The molecule has 1 aliphatic heterocycles. The Balaban J connectivity index is 1.64. The summed E-state index contributed by atoms with van der Waals surface area (Å²) in [7, 11) is 1.88. The van der Waals surface area contributed by atoms with Gasteiger partial charge in [0.25, 0.3) is 0 Å². The molecule has 2 fully saturated rings. The van der Waals surface area contributed by atoms with Crippen LogP contribution in [0.1, 0.15) is 19.3 Å². The lowest BCUT2D eigenvalue weighted by atomic mass is 10.1. The van der Waals surface area contributed by atoms with Gasteiger partial charge in [-0.05, 0) is 31.4 Å². The van der Waals surface area contributed by atoms with Crippen LogP contribution in [0, 0.1) is 0 Å². The zero-order valence-corrected chi connectivity index (χ0v) is 12.9. The number of ether oxygens (including phenoxy) is 1.